The van der Waals surface area contributed by atoms with Crippen molar-refractivity contribution in [3.05, 3.63) is 83.4 Å². The smallest absolute Gasteiger partial charge is 0.261 e. The Morgan fingerprint density at radius 1 is 0.906 bits per heavy atom. The van der Waals surface area contributed by atoms with Gasteiger partial charge in [0.2, 0.25) is 0 Å². The third-order valence-electron chi connectivity index (χ3n) is 4.34. The first kappa shape index (κ1) is 23.4. The van der Waals surface area contributed by atoms with Crippen LogP contribution in [-0.2, 0) is 10.0 Å². The van der Waals surface area contributed by atoms with Crippen LogP contribution in [-0.4, -0.2) is 34.1 Å². The fourth-order valence-corrected chi connectivity index (χ4v) is 4.09. The minimum Gasteiger partial charge on any atom is -0.494 e. The van der Waals surface area contributed by atoms with Crippen molar-refractivity contribution < 1.29 is 22.7 Å². The minimum atomic E-state index is -3.83. The predicted octanol–water partition coefficient (Wildman–Crippen LogP) is 4.35. The van der Waals surface area contributed by atoms with Crippen LogP contribution in [0.5, 0.6) is 11.5 Å². The molecule has 0 bridgehead atoms. The molecule has 0 unspecified atom stereocenters. The number of sulfonamides is 1. The van der Waals surface area contributed by atoms with E-state index in [1.807, 2.05) is 19.1 Å². The molecule has 3 aromatic rings. The van der Waals surface area contributed by atoms with Crippen molar-refractivity contribution in [2.24, 2.45) is 0 Å². The molecule has 2 N–H and O–H groups in total. The molecule has 0 spiro atoms. The van der Waals surface area contributed by atoms with Crippen molar-refractivity contribution in [3.8, 4) is 11.5 Å². The zero-order chi connectivity index (χ0) is 23.0. The molecule has 3 rings (SSSR count). The maximum Gasteiger partial charge on any atom is 0.261 e. The van der Waals surface area contributed by atoms with Gasteiger partial charge in [-0.25, -0.2) is 8.42 Å². The number of benzene rings is 3. The highest BCUT2D eigenvalue weighted by atomic mass is 35.5. The molecule has 0 heterocycles. The number of hydrogen-bond donors (Lipinski definition) is 2. The summed E-state index contributed by atoms with van der Waals surface area (Å²) >= 11 is 6.01. The number of carbonyl (C=O) groups is 1. The lowest BCUT2D eigenvalue weighted by Gasteiger charge is -2.11. The number of halogens is 1. The zero-order valence-electron chi connectivity index (χ0n) is 17.4. The summed E-state index contributed by atoms with van der Waals surface area (Å²) in [6, 6.07) is 19.4. The molecule has 32 heavy (non-hydrogen) atoms. The Hall–Kier alpha value is -3.23. The number of para-hydroxylation sites is 1. The Morgan fingerprint density at radius 2 is 1.53 bits per heavy atom. The van der Waals surface area contributed by atoms with E-state index in [0.29, 0.717) is 29.5 Å². The quantitative estimate of drug-likeness (QED) is 0.426. The van der Waals surface area contributed by atoms with Crippen molar-refractivity contribution in [2.45, 2.75) is 11.8 Å². The van der Waals surface area contributed by atoms with Gasteiger partial charge in [0, 0.05) is 5.56 Å². The van der Waals surface area contributed by atoms with Crippen LogP contribution in [0.1, 0.15) is 17.3 Å². The average molecular weight is 475 g/mol. The molecule has 0 aliphatic heterocycles. The molecule has 0 radical (unpaired) electrons. The summed E-state index contributed by atoms with van der Waals surface area (Å²) in [4.78, 5) is 12.3. The second kappa shape index (κ2) is 10.9. The van der Waals surface area contributed by atoms with Crippen LogP contribution in [0.3, 0.4) is 0 Å². The normalized spacial score (nSPS) is 10.9. The van der Waals surface area contributed by atoms with Crippen LogP contribution in [0.15, 0.2) is 77.7 Å². The maximum absolute atomic E-state index is 12.5. The molecular weight excluding hydrogens is 452 g/mol. The molecule has 9 heteroatoms. The monoisotopic (exact) mass is 474 g/mol. The Morgan fingerprint density at radius 3 is 2.16 bits per heavy atom. The topological polar surface area (TPSA) is 93.7 Å². The highest BCUT2D eigenvalue weighted by Gasteiger charge is 2.16. The van der Waals surface area contributed by atoms with E-state index in [-0.39, 0.29) is 23.1 Å². The van der Waals surface area contributed by atoms with Crippen molar-refractivity contribution in [1.82, 2.24) is 5.32 Å². The lowest BCUT2D eigenvalue weighted by atomic mass is 10.2. The van der Waals surface area contributed by atoms with Crippen LogP contribution < -0.4 is 19.5 Å². The molecule has 0 fully saturated rings. The number of rotatable bonds is 10. The van der Waals surface area contributed by atoms with E-state index >= 15 is 0 Å². The largest absolute Gasteiger partial charge is 0.494 e. The fraction of sp³-hybridized carbons (Fsp3) is 0.174. The molecule has 3 aromatic carbocycles. The van der Waals surface area contributed by atoms with E-state index in [4.69, 9.17) is 21.1 Å². The fourth-order valence-electron chi connectivity index (χ4n) is 2.77. The summed E-state index contributed by atoms with van der Waals surface area (Å²) in [7, 11) is -3.83. The highest BCUT2D eigenvalue weighted by Crippen LogP contribution is 2.24. The molecule has 0 saturated carbocycles. The zero-order valence-corrected chi connectivity index (χ0v) is 18.9. The maximum atomic E-state index is 12.5. The Balaban J connectivity index is 1.50. The summed E-state index contributed by atoms with van der Waals surface area (Å²) < 4.78 is 38.5. The molecule has 7 nitrogen and oxygen atoms in total. The number of carbonyl (C=O) groups excluding carboxylic acids is 1. The summed E-state index contributed by atoms with van der Waals surface area (Å²) in [6.45, 7) is 3.09. The van der Waals surface area contributed by atoms with Gasteiger partial charge in [-0.1, -0.05) is 23.7 Å². The first-order valence-electron chi connectivity index (χ1n) is 9.90. The lowest BCUT2D eigenvalue weighted by Crippen LogP contribution is -2.28. The summed E-state index contributed by atoms with van der Waals surface area (Å²) in [5.74, 6) is 1.10. The van der Waals surface area contributed by atoms with Crippen LogP contribution in [0.4, 0.5) is 5.69 Å². The van der Waals surface area contributed by atoms with Gasteiger partial charge in [-0.15, -0.1) is 0 Å². The van der Waals surface area contributed by atoms with Crippen LogP contribution >= 0.6 is 11.6 Å². The molecule has 0 atom stereocenters. The molecule has 0 aliphatic carbocycles. The summed E-state index contributed by atoms with van der Waals surface area (Å²) in [6.07, 6.45) is 0. The van der Waals surface area contributed by atoms with Crippen LogP contribution in [0.2, 0.25) is 5.02 Å². The predicted molar refractivity (Wildman–Crippen MR) is 124 cm³/mol. The van der Waals surface area contributed by atoms with Gasteiger partial charge < -0.3 is 14.8 Å². The summed E-state index contributed by atoms with van der Waals surface area (Å²) in [5.41, 5.74) is 0.617. The van der Waals surface area contributed by atoms with E-state index < -0.39 is 10.0 Å². The molecule has 0 saturated heterocycles. The average Bonchev–Trinajstić information content (AvgIpc) is 2.79. The molecular formula is C23H23ClN2O5S. The number of anilines is 1. The number of ether oxygens (including phenoxy) is 2. The van der Waals surface area contributed by atoms with Crippen LogP contribution in [0.25, 0.3) is 0 Å². The number of hydrogen-bond acceptors (Lipinski definition) is 5. The number of nitrogens with one attached hydrogen (secondary N) is 2. The summed E-state index contributed by atoms with van der Waals surface area (Å²) in [5, 5.41) is 3.03. The number of amides is 1. The minimum absolute atomic E-state index is 0.0211. The standard InChI is InChI=1S/C23H23ClN2O5S/c1-2-30-18-9-11-19(12-10-18)31-16-15-25-23(27)17-7-13-20(14-8-17)32(28,29)26-22-6-4-3-5-21(22)24/h3-14,26H,2,15-16H2,1H3,(H,25,27). The van der Waals surface area contributed by atoms with Gasteiger partial charge in [-0.2, -0.15) is 0 Å². The van der Waals surface area contributed by atoms with Gasteiger partial charge in [-0.3, -0.25) is 9.52 Å². The van der Waals surface area contributed by atoms with Crippen molar-refractivity contribution in [2.75, 3.05) is 24.5 Å². The van der Waals surface area contributed by atoms with Gasteiger partial charge in [0.15, 0.2) is 0 Å². The first-order valence-corrected chi connectivity index (χ1v) is 11.8. The van der Waals surface area contributed by atoms with Gasteiger partial charge in [-0.05, 0) is 67.6 Å². The SMILES string of the molecule is CCOc1ccc(OCCNC(=O)c2ccc(S(=O)(=O)Nc3ccccc3Cl)cc2)cc1. The van der Waals surface area contributed by atoms with Crippen LogP contribution in [0, 0.1) is 0 Å². The Bertz CT molecular complexity index is 1150. The van der Waals surface area contributed by atoms with E-state index in [1.165, 1.54) is 24.3 Å². The molecule has 0 aromatic heterocycles. The Labute approximate surface area is 192 Å². The van der Waals surface area contributed by atoms with Crippen molar-refractivity contribution in [3.63, 3.8) is 0 Å². The first-order chi connectivity index (χ1) is 15.4. The van der Waals surface area contributed by atoms with Gasteiger partial charge in [0.05, 0.1) is 28.8 Å². The molecule has 0 aliphatic rings. The van der Waals surface area contributed by atoms with Gasteiger partial charge in [0.1, 0.15) is 18.1 Å². The Kier molecular flexibility index (Phi) is 7.97. The second-order valence-electron chi connectivity index (χ2n) is 6.62. The third kappa shape index (κ3) is 6.38. The van der Waals surface area contributed by atoms with Crippen molar-refractivity contribution in [1.29, 1.82) is 0 Å². The van der Waals surface area contributed by atoms with E-state index in [9.17, 15) is 13.2 Å². The van der Waals surface area contributed by atoms with E-state index in [0.717, 1.165) is 5.75 Å². The van der Waals surface area contributed by atoms with E-state index in [1.54, 1.807) is 36.4 Å². The van der Waals surface area contributed by atoms with Gasteiger partial charge in [0.25, 0.3) is 15.9 Å². The van der Waals surface area contributed by atoms with Gasteiger partial charge >= 0.3 is 0 Å². The third-order valence-corrected chi connectivity index (χ3v) is 6.05. The van der Waals surface area contributed by atoms with Crippen molar-refractivity contribution >= 4 is 33.2 Å². The second-order valence-corrected chi connectivity index (χ2v) is 8.71. The lowest BCUT2D eigenvalue weighted by molar-refractivity contribution is 0.0947. The molecule has 168 valence electrons. The van der Waals surface area contributed by atoms with E-state index in [2.05, 4.69) is 10.0 Å². The molecule has 1 amide bonds. The highest BCUT2D eigenvalue weighted by molar-refractivity contribution is 7.92.